The number of nitrogens with zero attached hydrogens (tertiary/aromatic N) is 2. The SMILES string of the molecule is O=S(=O)(/C=C/c1ccccc1)N1CCC(c2nc3ccccc3[nH]2)CC1. The maximum atomic E-state index is 12.6. The molecule has 134 valence electrons. The number of aromatic amines is 1. The number of nitrogens with one attached hydrogen (secondary N) is 1. The van der Waals surface area contributed by atoms with Gasteiger partial charge in [-0.3, -0.25) is 0 Å². The molecule has 2 aromatic carbocycles. The molecule has 0 radical (unpaired) electrons. The summed E-state index contributed by atoms with van der Waals surface area (Å²) >= 11 is 0. The largest absolute Gasteiger partial charge is 0.342 e. The van der Waals surface area contributed by atoms with Crippen LogP contribution in [0.15, 0.2) is 60.0 Å². The standard InChI is InChI=1S/C20H21N3O2S/c24-26(25,15-12-16-6-2-1-3-7-16)23-13-10-17(11-14-23)20-21-18-8-4-5-9-19(18)22-20/h1-9,12,15,17H,10-11,13-14H2,(H,21,22)/b15-12+. The topological polar surface area (TPSA) is 66.1 Å². The molecule has 6 heteroatoms. The van der Waals surface area contributed by atoms with Crippen molar-refractivity contribution >= 4 is 27.1 Å². The van der Waals surface area contributed by atoms with E-state index in [0.717, 1.165) is 35.3 Å². The van der Waals surface area contributed by atoms with Gasteiger partial charge in [-0.25, -0.2) is 13.4 Å². The van der Waals surface area contributed by atoms with Crippen LogP contribution in [0.5, 0.6) is 0 Å². The first kappa shape index (κ1) is 17.0. The summed E-state index contributed by atoms with van der Waals surface area (Å²) < 4.78 is 26.7. The second-order valence-electron chi connectivity index (χ2n) is 6.57. The smallest absolute Gasteiger partial charge is 0.236 e. The molecule has 0 atom stereocenters. The number of benzene rings is 2. The van der Waals surface area contributed by atoms with Gasteiger partial charge in [0, 0.05) is 24.4 Å². The number of fused-ring (bicyclic) bond motifs is 1. The minimum absolute atomic E-state index is 0.270. The Balaban J connectivity index is 1.43. The highest BCUT2D eigenvalue weighted by Gasteiger charge is 2.28. The van der Waals surface area contributed by atoms with Crippen LogP contribution in [0.3, 0.4) is 0 Å². The van der Waals surface area contributed by atoms with Crippen molar-refractivity contribution < 1.29 is 8.42 Å². The van der Waals surface area contributed by atoms with Crippen molar-refractivity contribution in [3.63, 3.8) is 0 Å². The van der Waals surface area contributed by atoms with Crippen molar-refractivity contribution in [1.82, 2.24) is 14.3 Å². The molecule has 1 aliphatic heterocycles. The summed E-state index contributed by atoms with van der Waals surface area (Å²) in [4.78, 5) is 8.03. The quantitative estimate of drug-likeness (QED) is 0.764. The Bertz CT molecular complexity index is 984. The average Bonchev–Trinajstić information content (AvgIpc) is 3.12. The van der Waals surface area contributed by atoms with Gasteiger partial charge in [0.1, 0.15) is 5.82 Å². The monoisotopic (exact) mass is 367 g/mol. The fraction of sp³-hybridized carbons (Fsp3) is 0.250. The van der Waals surface area contributed by atoms with Crippen molar-refractivity contribution in [2.45, 2.75) is 18.8 Å². The molecule has 1 saturated heterocycles. The number of para-hydroxylation sites is 2. The van der Waals surface area contributed by atoms with E-state index in [9.17, 15) is 8.42 Å². The van der Waals surface area contributed by atoms with E-state index in [2.05, 4.69) is 9.97 Å². The summed E-state index contributed by atoms with van der Waals surface area (Å²) in [5.41, 5.74) is 2.87. The zero-order valence-electron chi connectivity index (χ0n) is 14.4. The Morgan fingerprint density at radius 1 is 1.00 bits per heavy atom. The average molecular weight is 367 g/mol. The minimum atomic E-state index is -3.39. The van der Waals surface area contributed by atoms with Crippen molar-refractivity contribution in [1.29, 1.82) is 0 Å². The lowest BCUT2D eigenvalue weighted by atomic mass is 9.97. The first-order chi connectivity index (χ1) is 12.6. The van der Waals surface area contributed by atoms with Crippen LogP contribution >= 0.6 is 0 Å². The van der Waals surface area contributed by atoms with Crippen LogP contribution in [-0.4, -0.2) is 35.8 Å². The molecule has 26 heavy (non-hydrogen) atoms. The Kier molecular flexibility index (Phi) is 4.61. The Hall–Kier alpha value is -2.44. The molecule has 5 nitrogen and oxygen atoms in total. The fourth-order valence-corrected chi connectivity index (χ4v) is 4.59. The predicted octanol–water partition coefficient (Wildman–Crippen LogP) is 3.74. The highest BCUT2D eigenvalue weighted by molar-refractivity contribution is 7.92. The van der Waals surface area contributed by atoms with E-state index < -0.39 is 10.0 Å². The van der Waals surface area contributed by atoms with Gasteiger partial charge in [0.15, 0.2) is 0 Å². The molecule has 0 bridgehead atoms. The molecule has 0 saturated carbocycles. The molecule has 1 N–H and O–H groups in total. The second-order valence-corrected chi connectivity index (χ2v) is 8.39. The molecule has 0 spiro atoms. The van der Waals surface area contributed by atoms with E-state index in [0.29, 0.717) is 13.1 Å². The van der Waals surface area contributed by atoms with Crippen molar-refractivity contribution in [3.8, 4) is 0 Å². The number of piperidine rings is 1. The van der Waals surface area contributed by atoms with Crippen molar-refractivity contribution in [3.05, 3.63) is 71.4 Å². The summed E-state index contributed by atoms with van der Waals surface area (Å²) in [6, 6.07) is 17.4. The summed E-state index contributed by atoms with van der Waals surface area (Å²) in [7, 11) is -3.39. The minimum Gasteiger partial charge on any atom is -0.342 e. The van der Waals surface area contributed by atoms with Gasteiger partial charge in [-0.15, -0.1) is 0 Å². The third-order valence-electron chi connectivity index (χ3n) is 4.84. The summed E-state index contributed by atoms with van der Waals surface area (Å²) in [5.74, 6) is 1.23. The fourth-order valence-electron chi connectivity index (χ4n) is 3.36. The molecule has 1 fully saturated rings. The van der Waals surface area contributed by atoms with Crippen LogP contribution < -0.4 is 0 Å². The first-order valence-electron chi connectivity index (χ1n) is 8.80. The van der Waals surface area contributed by atoms with E-state index in [4.69, 9.17) is 0 Å². The Labute approximate surface area is 153 Å². The summed E-state index contributed by atoms with van der Waals surface area (Å²) in [6.45, 7) is 1.03. The highest BCUT2D eigenvalue weighted by Crippen LogP contribution is 2.29. The third kappa shape index (κ3) is 3.57. The zero-order chi connectivity index (χ0) is 18.0. The number of sulfonamides is 1. The number of imidazole rings is 1. The van der Waals surface area contributed by atoms with E-state index in [-0.39, 0.29) is 5.92 Å². The molecule has 1 aliphatic rings. The maximum Gasteiger partial charge on any atom is 0.236 e. The molecule has 4 rings (SSSR count). The number of hydrogen-bond donors (Lipinski definition) is 1. The number of H-pyrrole nitrogens is 1. The Morgan fingerprint density at radius 2 is 1.69 bits per heavy atom. The van der Waals surface area contributed by atoms with Gasteiger partial charge in [0.2, 0.25) is 10.0 Å². The molecular weight excluding hydrogens is 346 g/mol. The maximum absolute atomic E-state index is 12.6. The lowest BCUT2D eigenvalue weighted by molar-refractivity contribution is 0.317. The van der Waals surface area contributed by atoms with E-state index in [1.54, 1.807) is 10.4 Å². The number of rotatable bonds is 4. The number of aromatic nitrogens is 2. The normalized spacial score (nSPS) is 17.2. The molecule has 0 unspecified atom stereocenters. The van der Waals surface area contributed by atoms with Crippen LogP contribution in [0, 0.1) is 0 Å². The molecule has 0 aliphatic carbocycles. The van der Waals surface area contributed by atoms with Gasteiger partial charge in [-0.05, 0) is 36.6 Å². The molecular formula is C20H21N3O2S. The van der Waals surface area contributed by atoms with Gasteiger partial charge in [0.05, 0.1) is 11.0 Å². The van der Waals surface area contributed by atoms with Crippen LogP contribution in [0.4, 0.5) is 0 Å². The molecule has 2 heterocycles. The summed E-state index contributed by atoms with van der Waals surface area (Å²) in [5, 5.41) is 1.31. The lowest BCUT2D eigenvalue weighted by Crippen LogP contribution is -2.36. The van der Waals surface area contributed by atoms with E-state index in [1.807, 2.05) is 54.6 Å². The van der Waals surface area contributed by atoms with Crippen LogP contribution in [0.1, 0.15) is 30.1 Å². The first-order valence-corrected chi connectivity index (χ1v) is 10.3. The van der Waals surface area contributed by atoms with Crippen molar-refractivity contribution in [2.75, 3.05) is 13.1 Å². The summed E-state index contributed by atoms with van der Waals surface area (Å²) in [6.07, 6.45) is 3.21. The van der Waals surface area contributed by atoms with Crippen LogP contribution in [-0.2, 0) is 10.0 Å². The van der Waals surface area contributed by atoms with Crippen LogP contribution in [0.25, 0.3) is 17.1 Å². The second kappa shape index (κ2) is 7.05. The third-order valence-corrected chi connectivity index (χ3v) is 6.41. The van der Waals surface area contributed by atoms with E-state index >= 15 is 0 Å². The Morgan fingerprint density at radius 3 is 2.42 bits per heavy atom. The lowest BCUT2D eigenvalue weighted by Gasteiger charge is -2.29. The van der Waals surface area contributed by atoms with Crippen molar-refractivity contribution in [2.24, 2.45) is 0 Å². The predicted molar refractivity (Wildman–Crippen MR) is 104 cm³/mol. The molecule has 1 aromatic heterocycles. The zero-order valence-corrected chi connectivity index (χ0v) is 15.2. The van der Waals surface area contributed by atoms with E-state index in [1.165, 1.54) is 5.41 Å². The van der Waals surface area contributed by atoms with Gasteiger partial charge >= 0.3 is 0 Å². The van der Waals surface area contributed by atoms with Crippen LogP contribution in [0.2, 0.25) is 0 Å². The number of hydrogen-bond acceptors (Lipinski definition) is 3. The van der Waals surface area contributed by atoms with Gasteiger partial charge in [-0.1, -0.05) is 42.5 Å². The highest BCUT2D eigenvalue weighted by atomic mass is 32.2. The van der Waals surface area contributed by atoms with Gasteiger partial charge < -0.3 is 4.98 Å². The van der Waals surface area contributed by atoms with Gasteiger partial charge in [0.25, 0.3) is 0 Å². The molecule has 3 aromatic rings. The van der Waals surface area contributed by atoms with Gasteiger partial charge in [-0.2, -0.15) is 4.31 Å². The molecule has 0 amide bonds.